The van der Waals surface area contributed by atoms with Crippen molar-refractivity contribution in [3.05, 3.63) is 0 Å². The van der Waals surface area contributed by atoms with E-state index in [2.05, 4.69) is 36.3 Å². The Hall–Kier alpha value is -0.650. The van der Waals surface area contributed by atoms with Crippen LogP contribution in [0.25, 0.3) is 0 Å². The third-order valence-electron chi connectivity index (χ3n) is 3.98. The molecule has 0 aromatic rings. The van der Waals surface area contributed by atoms with E-state index >= 15 is 0 Å². The summed E-state index contributed by atoms with van der Waals surface area (Å²) in [6.45, 7) is 9.09. The molecule has 0 aromatic carbocycles. The lowest BCUT2D eigenvalue weighted by Gasteiger charge is -2.33. The molecule has 1 amide bonds. The van der Waals surface area contributed by atoms with Gasteiger partial charge < -0.3 is 20.3 Å². The molecular weight excluding hydrogens is 242 g/mol. The quantitative estimate of drug-likeness (QED) is 0.706. The maximum Gasteiger partial charge on any atom is 0.227 e. The number of carbonyl (C=O) groups excluding carboxylic acids is 1. The molecule has 2 atom stereocenters. The van der Waals surface area contributed by atoms with Crippen LogP contribution in [0.15, 0.2) is 0 Å². The Bertz CT molecular complexity index is 292. The van der Waals surface area contributed by atoms with Crippen LogP contribution in [0.4, 0.5) is 0 Å². The molecule has 5 heteroatoms. The minimum absolute atomic E-state index is 0.0402. The number of hydrogen-bond acceptors (Lipinski definition) is 4. The van der Waals surface area contributed by atoms with Crippen molar-refractivity contribution in [2.24, 2.45) is 5.92 Å². The number of rotatable bonds is 7. The number of ether oxygens (including phenoxy) is 1. The molecule has 0 saturated carbocycles. The molecule has 2 N–H and O–H groups in total. The lowest BCUT2D eigenvalue weighted by molar-refractivity contribution is -0.125. The van der Waals surface area contributed by atoms with E-state index in [0.717, 1.165) is 13.0 Å². The van der Waals surface area contributed by atoms with Gasteiger partial charge in [0.25, 0.3) is 0 Å². The zero-order chi connectivity index (χ0) is 14.5. The van der Waals surface area contributed by atoms with Crippen LogP contribution in [0, 0.1) is 5.92 Å². The first-order valence-corrected chi connectivity index (χ1v) is 7.14. The van der Waals surface area contributed by atoms with Crippen LogP contribution in [0.2, 0.25) is 0 Å². The van der Waals surface area contributed by atoms with Gasteiger partial charge in [-0.25, -0.2) is 0 Å². The summed E-state index contributed by atoms with van der Waals surface area (Å²) in [5.74, 6) is 0.0329. The van der Waals surface area contributed by atoms with E-state index in [0.29, 0.717) is 19.8 Å². The van der Waals surface area contributed by atoms with Crippen LogP contribution in [-0.4, -0.2) is 62.8 Å². The lowest BCUT2D eigenvalue weighted by Crippen LogP contribution is -2.51. The molecule has 0 bridgehead atoms. The first-order valence-electron chi connectivity index (χ1n) is 7.14. The Kier molecular flexibility index (Phi) is 6.23. The predicted molar refractivity (Wildman–Crippen MR) is 77.2 cm³/mol. The summed E-state index contributed by atoms with van der Waals surface area (Å²) in [4.78, 5) is 14.4. The van der Waals surface area contributed by atoms with Crippen molar-refractivity contribution in [2.45, 2.75) is 38.8 Å². The molecule has 1 rings (SSSR count). The average Bonchev–Trinajstić information content (AvgIpc) is 2.81. The van der Waals surface area contributed by atoms with Crippen molar-refractivity contribution in [3.63, 3.8) is 0 Å². The molecule has 1 fully saturated rings. The van der Waals surface area contributed by atoms with Crippen LogP contribution in [0.5, 0.6) is 0 Å². The molecule has 2 unspecified atom stereocenters. The van der Waals surface area contributed by atoms with Gasteiger partial charge >= 0.3 is 0 Å². The maximum absolute atomic E-state index is 12.2. The van der Waals surface area contributed by atoms with Crippen molar-refractivity contribution in [2.75, 3.05) is 40.4 Å². The van der Waals surface area contributed by atoms with Gasteiger partial charge in [-0.1, -0.05) is 6.92 Å². The van der Waals surface area contributed by atoms with Gasteiger partial charge in [-0.2, -0.15) is 0 Å². The maximum atomic E-state index is 12.2. The van der Waals surface area contributed by atoms with Gasteiger partial charge in [0.2, 0.25) is 5.91 Å². The van der Waals surface area contributed by atoms with Crippen LogP contribution in [-0.2, 0) is 9.53 Å². The first-order chi connectivity index (χ1) is 8.88. The Morgan fingerprint density at radius 3 is 2.63 bits per heavy atom. The second-order valence-electron chi connectivity index (χ2n) is 6.13. The van der Waals surface area contributed by atoms with Crippen molar-refractivity contribution >= 4 is 5.91 Å². The zero-order valence-corrected chi connectivity index (χ0v) is 13.0. The third kappa shape index (κ3) is 4.75. The first kappa shape index (κ1) is 16.4. The molecule has 5 nitrogen and oxygen atoms in total. The van der Waals surface area contributed by atoms with E-state index in [9.17, 15) is 4.79 Å². The molecule has 1 saturated heterocycles. The lowest BCUT2D eigenvalue weighted by atomic mass is 10.0. The SMILES string of the molecule is CCCNC1COCC1C(=O)NCC(C)(C)N(C)C. The second kappa shape index (κ2) is 7.22. The molecule has 1 aliphatic heterocycles. The van der Waals surface area contributed by atoms with Crippen molar-refractivity contribution in [3.8, 4) is 0 Å². The molecule has 0 radical (unpaired) electrons. The normalized spacial score (nSPS) is 23.9. The van der Waals surface area contributed by atoms with Crippen molar-refractivity contribution in [1.82, 2.24) is 15.5 Å². The van der Waals surface area contributed by atoms with Crippen molar-refractivity contribution < 1.29 is 9.53 Å². The topological polar surface area (TPSA) is 53.6 Å². The van der Waals surface area contributed by atoms with Gasteiger partial charge in [0.05, 0.1) is 19.1 Å². The number of nitrogens with one attached hydrogen (secondary N) is 2. The van der Waals surface area contributed by atoms with E-state index in [1.54, 1.807) is 0 Å². The molecule has 0 aromatic heterocycles. The van der Waals surface area contributed by atoms with Gasteiger partial charge in [0.15, 0.2) is 0 Å². The number of amides is 1. The van der Waals surface area contributed by atoms with Gasteiger partial charge in [-0.05, 0) is 40.9 Å². The number of likely N-dealkylation sites (N-methyl/N-ethyl adjacent to an activating group) is 1. The summed E-state index contributed by atoms with van der Waals surface area (Å²) < 4.78 is 5.43. The van der Waals surface area contributed by atoms with Gasteiger partial charge in [0.1, 0.15) is 0 Å². The van der Waals surface area contributed by atoms with E-state index in [-0.39, 0.29) is 23.4 Å². The molecule has 0 spiro atoms. The summed E-state index contributed by atoms with van der Waals surface area (Å²) in [5.41, 5.74) is -0.0402. The highest BCUT2D eigenvalue weighted by Gasteiger charge is 2.34. The second-order valence-corrected chi connectivity index (χ2v) is 6.13. The number of carbonyl (C=O) groups is 1. The Morgan fingerprint density at radius 1 is 1.37 bits per heavy atom. The smallest absolute Gasteiger partial charge is 0.227 e. The third-order valence-corrected chi connectivity index (χ3v) is 3.98. The Labute approximate surface area is 117 Å². The largest absolute Gasteiger partial charge is 0.379 e. The fourth-order valence-electron chi connectivity index (χ4n) is 1.94. The van der Waals surface area contributed by atoms with Gasteiger partial charge in [-0.3, -0.25) is 4.79 Å². The van der Waals surface area contributed by atoms with Crippen LogP contribution >= 0.6 is 0 Å². The minimum atomic E-state index is -0.0653. The summed E-state index contributed by atoms with van der Waals surface area (Å²) in [6, 6.07) is 0.155. The summed E-state index contributed by atoms with van der Waals surface area (Å²) in [6.07, 6.45) is 1.07. The fourth-order valence-corrected chi connectivity index (χ4v) is 1.94. The van der Waals surface area contributed by atoms with Crippen molar-refractivity contribution in [1.29, 1.82) is 0 Å². The molecule has 1 heterocycles. The standard InChI is InChI=1S/C14H29N3O2/c1-6-7-15-12-9-19-8-11(12)13(18)16-10-14(2,3)17(4)5/h11-12,15H,6-10H2,1-5H3,(H,16,18). The highest BCUT2D eigenvalue weighted by molar-refractivity contribution is 5.80. The number of nitrogens with zero attached hydrogens (tertiary/aromatic N) is 1. The van der Waals surface area contributed by atoms with E-state index < -0.39 is 0 Å². The predicted octanol–water partition coefficient (Wildman–Crippen LogP) is 0.457. The van der Waals surface area contributed by atoms with E-state index in [1.165, 1.54) is 0 Å². The molecule has 0 aliphatic carbocycles. The Morgan fingerprint density at radius 2 is 2.05 bits per heavy atom. The zero-order valence-electron chi connectivity index (χ0n) is 13.0. The number of hydrogen-bond donors (Lipinski definition) is 2. The minimum Gasteiger partial charge on any atom is -0.379 e. The molecular formula is C14H29N3O2. The summed E-state index contributed by atoms with van der Waals surface area (Å²) in [5, 5.41) is 6.44. The summed E-state index contributed by atoms with van der Waals surface area (Å²) >= 11 is 0. The van der Waals surface area contributed by atoms with E-state index in [4.69, 9.17) is 4.74 Å². The van der Waals surface area contributed by atoms with Gasteiger partial charge in [-0.15, -0.1) is 0 Å². The fraction of sp³-hybridized carbons (Fsp3) is 0.929. The van der Waals surface area contributed by atoms with Gasteiger partial charge in [0, 0.05) is 18.1 Å². The highest BCUT2D eigenvalue weighted by Crippen LogP contribution is 2.15. The highest BCUT2D eigenvalue weighted by atomic mass is 16.5. The molecule has 19 heavy (non-hydrogen) atoms. The summed E-state index contributed by atoms with van der Waals surface area (Å²) in [7, 11) is 4.05. The molecule has 1 aliphatic rings. The van der Waals surface area contributed by atoms with Crippen LogP contribution in [0.1, 0.15) is 27.2 Å². The van der Waals surface area contributed by atoms with Crippen LogP contribution < -0.4 is 10.6 Å². The Balaban J connectivity index is 2.44. The monoisotopic (exact) mass is 271 g/mol. The average molecular weight is 271 g/mol. The van der Waals surface area contributed by atoms with E-state index in [1.807, 2.05) is 14.1 Å². The van der Waals surface area contributed by atoms with Crippen LogP contribution in [0.3, 0.4) is 0 Å². The molecule has 112 valence electrons.